The van der Waals surface area contributed by atoms with E-state index in [4.69, 9.17) is 37.1 Å². The van der Waals surface area contributed by atoms with Crippen molar-refractivity contribution >= 4 is 51.2 Å². The van der Waals surface area contributed by atoms with Gasteiger partial charge in [0.15, 0.2) is 11.5 Å². The van der Waals surface area contributed by atoms with Crippen molar-refractivity contribution in [1.29, 1.82) is 5.26 Å². The molecule has 0 bridgehead atoms. The van der Waals surface area contributed by atoms with Crippen molar-refractivity contribution in [3.05, 3.63) is 122 Å². The molecule has 5 aromatic rings. The van der Waals surface area contributed by atoms with Gasteiger partial charge >= 0.3 is 0 Å². The molecule has 0 N–H and O–H groups in total. The number of ether oxygens (including phenoxy) is 2. The molecule has 0 fully saturated rings. The second kappa shape index (κ2) is 12.4. The van der Waals surface area contributed by atoms with E-state index in [9.17, 15) is 5.26 Å². The maximum atomic E-state index is 10.1. The number of benzene rings is 4. The molecule has 0 radical (unpaired) electrons. The molecule has 0 atom stereocenters. The number of halogens is 3. The van der Waals surface area contributed by atoms with Crippen molar-refractivity contribution < 1.29 is 13.9 Å². The first-order valence-corrected chi connectivity index (χ1v) is 13.7. The Hall–Kier alpha value is -4.02. The minimum Gasteiger partial charge on any atom is -0.493 e. The topological polar surface area (TPSA) is 67.8 Å². The fraction of sp³-hybridized carbons (Fsp3) is 0.0625. The number of hydrogen-bond acceptors (Lipinski definition) is 5. The summed E-state index contributed by atoms with van der Waals surface area (Å²) < 4.78 is 18.5. The van der Waals surface area contributed by atoms with Gasteiger partial charge in [-0.3, -0.25) is 0 Å². The fourth-order valence-electron chi connectivity index (χ4n) is 4.16. The van der Waals surface area contributed by atoms with E-state index in [1.165, 1.54) is 0 Å². The highest BCUT2D eigenvalue weighted by Gasteiger charge is 2.22. The van der Waals surface area contributed by atoms with Crippen molar-refractivity contribution in [2.75, 3.05) is 7.11 Å². The van der Waals surface area contributed by atoms with E-state index in [1.54, 1.807) is 31.5 Å². The highest BCUT2D eigenvalue weighted by molar-refractivity contribution is 9.10. The van der Waals surface area contributed by atoms with Gasteiger partial charge in [0.1, 0.15) is 24.0 Å². The second-order valence-electron chi connectivity index (χ2n) is 8.65. The summed E-state index contributed by atoms with van der Waals surface area (Å²) in [6.45, 7) is 0.223. The molecule has 1 aromatic heterocycles. The maximum absolute atomic E-state index is 10.1. The van der Waals surface area contributed by atoms with E-state index >= 15 is 0 Å². The molecule has 0 unspecified atom stereocenters. The van der Waals surface area contributed by atoms with Gasteiger partial charge in [-0.15, -0.1) is 0 Å². The van der Waals surface area contributed by atoms with Crippen LogP contribution in [0.25, 0.3) is 22.5 Å². The Morgan fingerprint density at radius 3 is 2.30 bits per heavy atom. The lowest BCUT2D eigenvalue weighted by atomic mass is 9.98. The largest absolute Gasteiger partial charge is 0.493 e. The lowest BCUT2D eigenvalue weighted by Crippen LogP contribution is -2.00. The number of aliphatic imine (C=N–C) groups is 1. The predicted molar refractivity (Wildman–Crippen MR) is 163 cm³/mol. The van der Waals surface area contributed by atoms with E-state index in [0.717, 1.165) is 16.7 Å². The molecule has 0 aliphatic carbocycles. The molecule has 0 aliphatic rings. The minimum atomic E-state index is 0.216. The lowest BCUT2D eigenvalue weighted by molar-refractivity contribution is 0.282. The van der Waals surface area contributed by atoms with Crippen LogP contribution in [-0.2, 0) is 6.61 Å². The van der Waals surface area contributed by atoms with Crippen molar-refractivity contribution in [2.24, 2.45) is 4.99 Å². The predicted octanol–water partition coefficient (Wildman–Crippen LogP) is 9.89. The van der Waals surface area contributed by atoms with E-state index in [0.29, 0.717) is 48.5 Å². The molecule has 1 heterocycles. The molecule has 0 amide bonds. The Kier molecular flexibility index (Phi) is 8.57. The zero-order chi connectivity index (χ0) is 28.1. The molecule has 0 saturated carbocycles. The van der Waals surface area contributed by atoms with Crippen LogP contribution >= 0.6 is 39.1 Å². The van der Waals surface area contributed by atoms with Crippen molar-refractivity contribution in [1.82, 2.24) is 0 Å². The summed E-state index contributed by atoms with van der Waals surface area (Å²) in [6, 6.07) is 30.5. The van der Waals surface area contributed by atoms with E-state index < -0.39 is 0 Å². The van der Waals surface area contributed by atoms with Crippen LogP contribution in [0.2, 0.25) is 10.0 Å². The van der Waals surface area contributed by atoms with Gasteiger partial charge in [0.05, 0.1) is 11.6 Å². The Balaban J connectivity index is 1.49. The molecule has 0 aliphatic heterocycles. The van der Waals surface area contributed by atoms with Gasteiger partial charge in [0.25, 0.3) is 0 Å². The molecule has 8 heteroatoms. The quantitative estimate of drug-likeness (QED) is 0.160. The lowest BCUT2D eigenvalue weighted by Gasteiger charge is -2.14. The summed E-state index contributed by atoms with van der Waals surface area (Å²) in [7, 11) is 1.56. The fourth-order valence-corrected chi connectivity index (χ4v) is 5.20. The summed E-state index contributed by atoms with van der Waals surface area (Å²) in [5.74, 6) is 1.81. The van der Waals surface area contributed by atoms with Crippen molar-refractivity contribution in [3.63, 3.8) is 0 Å². The van der Waals surface area contributed by atoms with Crippen LogP contribution in [0.3, 0.4) is 0 Å². The smallest absolute Gasteiger partial charge is 0.238 e. The van der Waals surface area contributed by atoms with Crippen molar-refractivity contribution in [3.8, 4) is 40.0 Å². The van der Waals surface area contributed by atoms with Gasteiger partial charge in [-0.2, -0.15) is 5.26 Å². The number of nitrogens with zero attached hydrogens (tertiary/aromatic N) is 2. The SMILES string of the molecule is COc1cc(C=Nc2oc(-c3ccccc3)c(-c3ccccc3)c2C#N)cc(Br)c1OCc1ccc(Cl)cc1Cl. The van der Waals surface area contributed by atoms with Crippen LogP contribution in [-0.4, -0.2) is 13.3 Å². The number of methoxy groups -OCH3 is 1. The molecule has 40 heavy (non-hydrogen) atoms. The molecular formula is C32H21BrCl2N2O3. The van der Waals surface area contributed by atoms with Gasteiger partial charge in [-0.1, -0.05) is 89.9 Å². The van der Waals surface area contributed by atoms with Crippen LogP contribution in [0, 0.1) is 11.3 Å². The average molecular weight is 632 g/mol. The average Bonchev–Trinajstić information content (AvgIpc) is 3.35. The number of rotatable bonds is 8. The van der Waals surface area contributed by atoms with Crippen LogP contribution < -0.4 is 9.47 Å². The Labute approximate surface area is 250 Å². The highest BCUT2D eigenvalue weighted by Crippen LogP contribution is 2.43. The third-order valence-corrected chi connectivity index (χ3v) is 7.25. The first kappa shape index (κ1) is 27.5. The monoisotopic (exact) mass is 630 g/mol. The van der Waals surface area contributed by atoms with Gasteiger partial charge in [0.2, 0.25) is 5.88 Å². The van der Waals surface area contributed by atoms with Crippen LogP contribution in [0.5, 0.6) is 11.5 Å². The van der Waals surface area contributed by atoms with Gasteiger partial charge in [0, 0.05) is 33.0 Å². The number of hydrogen-bond donors (Lipinski definition) is 0. The number of nitriles is 1. The van der Waals surface area contributed by atoms with E-state index in [-0.39, 0.29) is 12.5 Å². The van der Waals surface area contributed by atoms with Crippen LogP contribution in [0.4, 0.5) is 5.88 Å². The summed E-state index contributed by atoms with van der Waals surface area (Å²) >= 11 is 15.9. The van der Waals surface area contributed by atoms with Gasteiger partial charge < -0.3 is 13.9 Å². The second-order valence-corrected chi connectivity index (χ2v) is 10.3. The molecule has 0 spiro atoms. The maximum Gasteiger partial charge on any atom is 0.238 e. The standard InChI is InChI=1S/C32H21BrCl2N2O3/c1-38-28-15-20(14-26(33)31(28)39-19-23-12-13-24(34)16-27(23)35)18-37-32-25(17-36)29(21-8-4-2-5-9-21)30(40-32)22-10-6-3-7-11-22/h2-16,18H,19H2,1H3. The zero-order valence-corrected chi connectivity index (χ0v) is 24.3. The summed E-state index contributed by atoms with van der Waals surface area (Å²) in [5.41, 5.74) is 4.28. The van der Waals surface area contributed by atoms with Crippen molar-refractivity contribution in [2.45, 2.75) is 6.61 Å². The molecule has 198 valence electrons. The normalized spacial score (nSPS) is 11.0. The van der Waals surface area contributed by atoms with Gasteiger partial charge in [-0.25, -0.2) is 4.99 Å². The van der Waals surface area contributed by atoms with E-state index in [1.807, 2.05) is 72.8 Å². The number of furan rings is 1. The summed E-state index contributed by atoms with van der Waals surface area (Å²) in [4.78, 5) is 4.58. The third kappa shape index (κ3) is 5.93. The molecule has 5 nitrogen and oxygen atoms in total. The summed E-state index contributed by atoms with van der Waals surface area (Å²) in [6.07, 6.45) is 1.62. The third-order valence-electron chi connectivity index (χ3n) is 6.07. The highest BCUT2D eigenvalue weighted by atomic mass is 79.9. The first-order chi connectivity index (χ1) is 19.5. The Morgan fingerprint density at radius 2 is 1.65 bits per heavy atom. The molecule has 5 rings (SSSR count). The Morgan fingerprint density at radius 1 is 0.950 bits per heavy atom. The van der Waals surface area contributed by atoms with Crippen LogP contribution in [0.15, 0.2) is 105 Å². The van der Waals surface area contributed by atoms with Crippen LogP contribution in [0.1, 0.15) is 16.7 Å². The van der Waals surface area contributed by atoms with Gasteiger partial charge in [-0.05, 0) is 51.3 Å². The minimum absolute atomic E-state index is 0.216. The zero-order valence-electron chi connectivity index (χ0n) is 21.2. The van der Waals surface area contributed by atoms with E-state index in [2.05, 4.69) is 27.0 Å². The molecule has 0 saturated heterocycles. The first-order valence-electron chi connectivity index (χ1n) is 12.1. The molecular weight excluding hydrogens is 611 g/mol. The molecule has 4 aromatic carbocycles. The Bertz CT molecular complexity index is 1730. The summed E-state index contributed by atoms with van der Waals surface area (Å²) in [5, 5.41) is 11.2.